The lowest BCUT2D eigenvalue weighted by Gasteiger charge is -2.20. The van der Waals surface area contributed by atoms with Gasteiger partial charge in [-0.3, -0.25) is 4.79 Å². The molecule has 1 aliphatic carbocycles. The zero-order chi connectivity index (χ0) is 22.8. The van der Waals surface area contributed by atoms with E-state index in [1.165, 1.54) is 12.1 Å². The second-order valence-corrected chi connectivity index (χ2v) is 7.90. The van der Waals surface area contributed by atoms with Crippen molar-refractivity contribution >= 4 is 63.3 Å². The molecule has 2 aliphatic rings. The van der Waals surface area contributed by atoms with E-state index < -0.39 is 39.2 Å². The molecule has 4 rings (SSSR count). The van der Waals surface area contributed by atoms with Gasteiger partial charge in [-0.1, -0.05) is 46.4 Å². The number of phenolic OH excluding ortho intramolecular Hbond substituents is 3. The summed E-state index contributed by atoms with van der Waals surface area (Å²) in [5.41, 5.74) is -1.76. The Labute approximate surface area is 192 Å². The third-order valence-electron chi connectivity index (χ3n) is 4.68. The van der Waals surface area contributed by atoms with E-state index in [2.05, 4.69) is 0 Å². The van der Waals surface area contributed by atoms with Crippen molar-refractivity contribution in [1.82, 2.24) is 0 Å². The maximum atomic E-state index is 12.1. The van der Waals surface area contributed by atoms with Gasteiger partial charge in [-0.05, 0) is 24.3 Å². The number of carbonyl (C=O) groups is 1. The molecule has 0 spiro atoms. The standard InChI is InChI=1S/C20H8Cl4O7/c21-12-10(11(20(29)30)13(22)15(24)14(12)23)9-5-1-3-7(25)16(27)18(5)31-19-6(9)2-4-8(26)17(19)28/h1-4,25,27-28H,(H,29,30). The van der Waals surface area contributed by atoms with Crippen molar-refractivity contribution in [2.75, 3.05) is 0 Å². The molecule has 1 heterocycles. The summed E-state index contributed by atoms with van der Waals surface area (Å²) in [4.78, 5) is 24.1. The molecule has 4 N–H and O–H groups in total. The normalized spacial score (nSPS) is 11.4. The van der Waals surface area contributed by atoms with Gasteiger partial charge in [0.2, 0.25) is 16.9 Å². The number of aromatic hydroxyl groups is 3. The maximum Gasteiger partial charge on any atom is 0.337 e. The molecular formula is C20H8Cl4O7. The molecule has 0 radical (unpaired) electrons. The molecule has 0 unspecified atom stereocenters. The van der Waals surface area contributed by atoms with E-state index in [9.17, 15) is 30.0 Å². The van der Waals surface area contributed by atoms with E-state index in [0.717, 1.165) is 12.1 Å². The molecule has 0 bridgehead atoms. The lowest BCUT2D eigenvalue weighted by Crippen LogP contribution is -2.06. The lowest BCUT2D eigenvalue weighted by atomic mass is 9.90. The maximum absolute atomic E-state index is 12.1. The minimum atomic E-state index is -1.49. The van der Waals surface area contributed by atoms with Crippen LogP contribution in [0.25, 0.3) is 33.4 Å². The predicted molar refractivity (Wildman–Crippen MR) is 117 cm³/mol. The average molecular weight is 502 g/mol. The smallest absolute Gasteiger partial charge is 0.337 e. The highest BCUT2D eigenvalue weighted by atomic mass is 35.5. The molecule has 0 fully saturated rings. The van der Waals surface area contributed by atoms with Gasteiger partial charge in [-0.2, -0.15) is 0 Å². The van der Waals surface area contributed by atoms with Gasteiger partial charge in [0.15, 0.2) is 17.1 Å². The van der Waals surface area contributed by atoms with Crippen LogP contribution < -0.4 is 5.43 Å². The number of rotatable bonds is 2. The monoisotopic (exact) mass is 500 g/mol. The Morgan fingerprint density at radius 2 is 1.45 bits per heavy atom. The van der Waals surface area contributed by atoms with Crippen molar-refractivity contribution in [1.29, 1.82) is 0 Å². The van der Waals surface area contributed by atoms with Gasteiger partial charge in [0.1, 0.15) is 0 Å². The molecule has 0 aromatic heterocycles. The zero-order valence-corrected chi connectivity index (χ0v) is 17.9. The summed E-state index contributed by atoms with van der Waals surface area (Å²) in [5, 5.41) is 39.2. The van der Waals surface area contributed by atoms with Gasteiger partial charge >= 0.3 is 5.97 Å². The third-order valence-corrected chi connectivity index (χ3v) is 6.48. The molecule has 158 valence electrons. The molecule has 0 atom stereocenters. The van der Waals surface area contributed by atoms with Crippen LogP contribution in [0.5, 0.6) is 17.2 Å². The van der Waals surface area contributed by atoms with E-state index in [-0.39, 0.29) is 48.5 Å². The largest absolute Gasteiger partial charge is 0.504 e. The number of carboxylic acids is 1. The van der Waals surface area contributed by atoms with Crippen LogP contribution in [-0.2, 0) is 0 Å². The van der Waals surface area contributed by atoms with E-state index >= 15 is 0 Å². The summed E-state index contributed by atoms with van der Waals surface area (Å²) in [6, 6.07) is 4.77. The summed E-state index contributed by atoms with van der Waals surface area (Å²) < 4.78 is 5.51. The Hall–Kier alpha value is -2.84. The Balaban J connectivity index is 2.37. The topological polar surface area (TPSA) is 128 Å². The van der Waals surface area contributed by atoms with Crippen molar-refractivity contribution in [3.05, 3.63) is 60.1 Å². The average Bonchev–Trinajstić information content (AvgIpc) is 2.73. The van der Waals surface area contributed by atoms with E-state index in [1.807, 2.05) is 0 Å². The van der Waals surface area contributed by atoms with Crippen LogP contribution in [0.2, 0.25) is 20.1 Å². The van der Waals surface area contributed by atoms with Crippen LogP contribution in [-0.4, -0.2) is 26.4 Å². The molecule has 0 amide bonds. The number of aromatic carboxylic acids is 1. The van der Waals surface area contributed by atoms with Crippen LogP contribution in [0.4, 0.5) is 0 Å². The van der Waals surface area contributed by atoms with Gasteiger partial charge in [0.25, 0.3) is 0 Å². The first-order valence-corrected chi connectivity index (χ1v) is 9.80. The minimum Gasteiger partial charge on any atom is -0.504 e. The third kappa shape index (κ3) is 3.04. The Morgan fingerprint density at radius 1 is 0.806 bits per heavy atom. The van der Waals surface area contributed by atoms with Crippen LogP contribution in [0.1, 0.15) is 10.4 Å². The fourth-order valence-corrected chi connectivity index (χ4v) is 4.33. The van der Waals surface area contributed by atoms with Crippen LogP contribution >= 0.6 is 46.4 Å². The number of halogens is 4. The van der Waals surface area contributed by atoms with E-state index in [1.54, 1.807) is 0 Å². The molecule has 2 aromatic rings. The first-order valence-electron chi connectivity index (χ1n) is 8.29. The Bertz CT molecular complexity index is 1460. The second kappa shape index (κ2) is 7.39. The summed E-state index contributed by atoms with van der Waals surface area (Å²) in [6.45, 7) is 0. The molecule has 2 aromatic carbocycles. The van der Waals surface area contributed by atoms with Crippen molar-refractivity contribution in [2.24, 2.45) is 0 Å². The molecule has 11 heteroatoms. The van der Waals surface area contributed by atoms with Crippen molar-refractivity contribution in [2.45, 2.75) is 0 Å². The number of hydrogen-bond acceptors (Lipinski definition) is 6. The van der Waals surface area contributed by atoms with Crippen LogP contribution in [0.15, 0.2) is 33.5 Å². The van der Waals surface area contributed by atoms with Gasteiger partial charge in [0.05, 0.1) is 25.7 Å². The molecule has 31 heavy (non-hydrogen) atoms. The molecular weight excluding hydrogens is 494 g/mol. The highest BCUT2D eigenvalue weighted by Crippen LogP contribution is 2.52. The fourth-order valence-electron chi connectivity index (χ4n) is 3.30. The summed E-state index contributed by atoms with van der Waals surface area (Å²) >= 11 is 24.8. The zero-order valence-electron chi connectivity index (χ0n) is 14.8. The Kier molecular flexibility index (Phi) is 5.10. The number of benzene rings is 3. The highest BCUT2D eigenvalue weighted by Gasteiger charge is 2.31. The van der Waals surface area contributed by atoms with Gasteiger partial charge < -0.3 is 24.8 Å². The number of hydrogen-bond donors (Lipinski definition) is 4. The molecule has 1 aliphatic heterocycles. The SMILES string of the molecule is O=C(O)c1c(Cl)c(Cl)c(Cl)c(Cl)c1-c1c2ccc(=O)c(O)c-2oc2c(O)c(O)ccc12. The van der Waals surface area contributed by atoms with E-state index in [4.69, 9.17) is 50.8 Å². The fraction of sp³-hybridized carbons (Fsp3) is 0. The quantitative estimate of drug-likeness (QED) is 0.115. The second-order valence-electron chi connectivity index (χ2n) is 6.39. The van der Waals surface area contributed by atoms with E-state index in [0.29, 0.717) is 0 Å². The molecule has 0 saturated carbocycles. The first kappa shape index (κ1) is 21.4. The summed E-state index contributed by atoms with van der Waals surface area (Å²) in [6.07, 6.45) is 0. The molecule has 7 nitrogen and oxygen atoms in total. The van der Waals surface area contributed by atoms with Crippen molar-refractivity contribution in [3.8, 4) is 39.7 Å². The van der Waals surface area contributed by atoms with Gasteiger partial charge in [-0.15, -0.1) is 0 Å². The number of phenols is 3. The summed E-state index contributed by atoms with van der Waals surface area (Å²) in [5.74, 6) is -3.95. The first-order chi connectivity index (χ1) is 14.6. The van der Waals surface area contributed by atoms with Gasteiger partial charge in [0, 0.05) is 22.1 Å². The molecule has 0 saturated heterocycles. The Morgan fingerprint density at radius 3 is 2.10 bits per heavy atom. The van der Waals surface area contributed by atoms with Crippen LogP contribution in [0.3, 0.4) is 0 Å². The predicted octanol–water partition coefficient (Wildman–Crippen LogP) is 5.99. The summed E-state index contributed by atoms with van der Waals surface area (Å²) in [7, 11) is 0. The van der Waals surface area contributed by atoms with Crippen molar-refractivity contribution < 1.29 is 29.6 Å². The van der Waals surface area contributed by atoms with Crippen LogP contribution in [0, 0.1) is 0 Å². The van der Waals surface area contributed by atoms with Crippen molar-refractivity contribution in [3.63, 3.8) is 0 Å². The number of fused-ring (bicyclic) bond motifs is 2. The minimum absolute atomic E-state index is 0.0183. The van der Waals surface area contributed by atoms with Gasteiger partial charge in [-0.25, -0.2) is 4.79 Å². The lowest BCUT2D eigenvalue weighted by molar-refractivity contribution is 0.0698. The number of carboxylic acid groups (broad SMARTS) is 1. The highest BCUT2D eigenvalue weighted by molar-refractivity contribution is 6.54.